The molecule has 0 amide bonds. The third-order valence-corrected chi connectivity index (χ3v) is 4.22. The molecule has 0 radical (unpaired) electrons. The third-order valence-electron chi connectivity index (χ3n) is 3.37. The van der Waals surface area contributed by atoms with Crippen molar-refractivity contribution >= 4 is 15.8 Å². The molecule has 0 aliphatic heterocycles. The second kappa shape index (κ2) is 6.07. The minimum absolute atomic E-state index is 0.148. The summed E-state index contributed by atoms with van der Waals surface area (Å²) in [5.41, 5.74) is 1.91. The van der Waals surface area contributed by atoms with E-state index in [9.17, 15) is 13.2 Å². The molecule has 0 saturated heterocycles. The first-order valence-electron chi connectivity index (χ1n) is 6.91. The number of nitrogens with zero attached hydrogens (tertiary/aromatic N) is 4. The zero-order chi connectivity index (χ0) is 17.4. The molecule has 0 aliphatic carbocycles. The zero-order valence-corrected chi connectivity index (χ0v) is 14.4. The first-order valence-corrected chi connectivity index (χ1v) is 8.80. The van der Waals surface area contributed by atoms with Gasteiger partial charge < -0.3 is 4.74 Å². The highest BCUT2D eigenvalue weighted by Crippen LogP contribution is 2.27. The van der Waals surface area contributed by atoms with Gasteiger partial charge in [0.05, 0.1) is 24.2 Å². The molecule has 0 aromatic carbocycles. The average molecular weight is 338 g/mol. The van der Waals surface area contributed by atoms with Crippen molar-refractivity contribution in [2.45, 2.75) is 25.9 Å². The van der Waals surface area contributed by atoms with Gasteiger partial charge in [-0.25, -0.2) is 23.2 Å². The topological polar surface area (TPSA) is 104 Å². The van der Waals surface area contributed by atoms with E-state index in [2.05, 4.69) is 15.1 Å². The number of esters is 1. The van der Waals surface area contributed by atoms with Crippen LogP contribution in [0.1, 0.15) is 28.7 Å². The highest BCUT2D eigenvalue weighted by atomic mass is 32.2. The molecule has 0 atom stereocenters. The summed E-state index contributed by atoms with van der Waals surface area (Å²) in [4.78, 5) is 20.3. The van der Waals surface area contributed by atoms with Gasteiger partial charge in [-0.15, -0.1) is 0 Å². The summed E-state index contributed by atoms with van der Waals surface area (Å²) < 4.78 is 30.3. The quantitative estimate of drug-likeness (QED) is 0.606. The Hall–Kier alpha value is -2.29. The highest BCUT2D eigenvalue weighted by Gasteiger charge is 2.25. The largest absolute Gasteiger partial charge is 0.462 e. The first kappa shape index (κ1) is 17.1. The molecule has 2 aromatic heterocycles. The monoisotopic (exact) mass is 338 g/mol. The van der Waals surface area contributed by atoms with Crippen molar-refractivity contribution in [3.05, 3.63) is 23.1 Å². The van der Waals surface area contributed by atoms with Crippen LogP contribution < -0.4 is 0 Å². The highest BCUT2D eigenvalue weighted by molar-refractivity contribution is 7.90. The number of hydrogen-bond donors (Lipinski definition) is 0. The second-order valence-corrected chi connectivity index (χ2v) is 6.98. The molecule has 2 aromatic rings. The lowest BCUT2D eigenvalue weighted by atomic mass is 10.1. The molecule has 0 fully saturated rings. The van der Waals surface area contributed by atoms with Gasteiger partial charge in [-0.2, -0.15) is 5.10 Å². The lowest BCUT2D eigenvalue weighted by Crippen LogP contribution is -2.15. The first-order chi connectivity index (χ1) is 10.7. The average Bonchev–Trinajstić information content (AvgIpc) is 2.77. The summed E-state index contributed by atoms with van der Waals surface area (Å²) >= 11 is 0. The summed E-state index contributed by atoms with van der Waals surface area (Å²) in [6, 6.07) is 0. The predicted molar refractivity (Wildman–Crippen MR) is 82.8 cm³/mol. The summed E-state index contributed by atoms with van der Waals surface area (Å²) in [5.74, 6) is -0.594. The van der Waals surface area contributed by atoms with Crippen LogP contribution in [-0.4, -0.2) is 47.0 Å². The van der Waals surface area contributed by atoms with E-state index >= 15 is 0 Å². The van der Waals surface area contributed by atoms with Crippen LogP contribution in [0, 0.1) is 13.8 Å². The van der Waals surface area contributed by atoms with E-state index < -0.39 is 15.8 Å². The summed E-state index contributed by atoms with van der Waals surface area (Å²) in [7, 11) is -1.87. The number of carbonyl (C=O) groups excluding carboxylic acids is 1. The van der Waals surface area contributed by atoms with Crippen molar-refractivity contribution < 1.29 is 17.9 Å². The van der Waals surface area contributed by atoms with Gasteiger partial charge in [0.1, 0.15) is 5.56 Å². The smallest absolute Gasteiger partial charge is 0.342 e. The molecule has 8 nitrogen and oxygen atoms in total. The molecular weight excluding hydrogens is 320 g/mol. The third kappa shape index (κ3) is 3.24. The van der Waals surface area contributed by atoms with Gasteiger partial charge in [0.2, 0.25) is 15.0 Å². The van der Waals surface area contributed by atoms with Crippen LogP contribution in [0.5, 0.6) is 0 Å². The Bertz CT molecular complexity index is 871. The van der Waals surface area contributed by atoms with Gasteiger partial charge >= 0.3 is 5.97 Å². The minimum atomic E-state index is -3.62. The van der Waals surface area contributed by atoms with E-state index in [1.54, 1.807) is 32.5 Å². The van der Waals surface area contributed by atoms with Crippen LogP contribution >= 0.6 is 0 Å². The van der Waals surface area contributed by atoms with E-state index in [0.717, 1.165) is 11.9 Å². The Morgan fingerprint density at radius 2 is 1.96 bits per heavy atom. The molecule has 0 aliphatic rings. The van der Waals surface area contributed by atoms with E-state index in [1.165, 1.54) is 6.20 Å². The number of rotatable bonds is 4. The number of sulfone groups is 1. The molecule has 2 heterocycles. The Morgan fingerprint density at radius 3 is 2.43 bits per heavy atom. The molecule has 0 spiro atoms. The van der Waals surface area contributed by atoms with E-state index in [0.29, 0.717) is 5.56 Å². The molecule has 9 heteroatoms. The normalized spacial score (nSPS) is 11.5. The van der Waals surface area contributed by atoms with Crippen molar-refractivity contribution in [1.82, 2.24) is 19.7 Å². The van der Waals surface area contributed by atoms with Crippen molar-refractivity contribution in [2.75, 3.05) is 12.9 Å². The minimum Gasteiger partial charge on any atom is -0.462 e. The van der Waals surface area contributed by atoms with Crippen LogP contribution in [0.15, 0.2) is 11.4 Å². The van der Waals surface area contributed by atoms with Crippen LogP contribution in [0.3, 0.4) is 0 Å². The van der Waals surface area contributed by atoms with Gasteiger partial charge in [-0.05, 0) is 20.8 Å². The van der Waals surface area contributed by atoms with Crippen LogP contribution in [0.4, 0.5) is 0 Å². The molecule has 0 unspecified atom stereocenters. The SMILES string of the molecule is CCOC(=O)c1c(C)nc(S(C)(=O)=O)nc1-c1cnn(C)c1C. The fourth-order valence-corrected chi connectivity index (χ4v) is 2.65. The summed E-state index contributed by atoms with van der Waals surface area (Å²) in [6.07, 6.45) is 2.55. The molecule has 23 heavy (non-hydrogen) atoms. The van der Waals surface area contributed by atoms with Crippen molar-refractivity contribution in [1.29, 1.82) is 0 Å². The molecule has 0 N–H and O–H groups in total. The lowest BCUT2D eigenvalue weighted by Gasteiger charge is -2.12. The molecule has 2 rings (SSSR count). The zero-order valence-electron chi connectivity index (χ0n) is 13.6. The van der Waals surface area contributed by atoms with Crippen LogP contribution in [-0.2, 0) is 21.6 Å². The maximum Gasteiger partial charge on any atom is 0.342 e. The standard InChI is InChI=1S/C14H18N4O4S/c1-6-22-13(19)11-8(2)16-14(23(5,20)21)17-12(11)10-7-15-18(4)9(10)3/h7H,6H2,1-5H3. The van der Waals surface area contributed by atoms with Gasteiger partial charge in [-0.1, -0.05) is 0 Å². The number of aryl methyl sites for hydroxylation is 2. The lowest BCUT2D eigenvalue weighted by molar-refractivity contribution is 0.0525. The van der Waals surface area contributed by atoms with Gasteiger partial charge in [0.25, 0.3) is 0 Å². The van der Waals surface area contributed by atoms with Gasteiger partial charge in [-0.3, -0.25) is 4.68 Å². The van der Waals surface area contributed by atoms with Gasteiger partial charge in [0.15, 0.2) is 0 Å². The Morgan fingerprint density at radius 1 is 1.30 bits per heavy atom. The van der Waals surface area contributed by atoms with Crippen molar-refractivity contribution in [3.8, 4) is 11.3 Å². The maximum atomic E-state index is 12.3. The van der Waals surface area contributed by atoms with Gasteiger partial charge in [0, 0.05) is 24.6 Å². The Kier molecular flexibility index (Phi) is 4.51. The Labute approximate surface area is 134 Å². The van der Waals surface area contributed by atoms with Crippen LogP contribution in [0.2, 0.25) is 0 Å². The molecule has 0 bridgehead atoms. The van der Waals surface area contributed by atoms with E-state index in [4.69, 9.17) is 4.74 Å². The summed E-state index contributed by atoms with van der Waals surface area (Å²) in [5, 5.41) is 3.78. The number of ether oxygens (including phenoxy) is 1. The van der Waals surface area contributed by atoms with Crippen LogP contribution in [0.25, 0.3) is 11.3 Å². The number of hydrogen-bond acceptors (Lipinski definition) is 7. The molecular formula is C14H18N4O4S. The number of aromatic nitrogens is 4. The van der Waals surface area contributed by atoms with E-state index in [1.807, 2.05) is 0 Å². The fraction of sp³-hybridized carbons (Fsp3) is 0.429. The number of carbonyl (C=O) groups is 1. The predicted octanol–water partition coefficient (Wildman–Crippen LogP) is 1.07. The second-order valence-electron chi connectivity index (χ2n) is 5.08. The molecule has 0 saturated carbocycles. The van der Waals surface area contributed by atoms with Crippen molar-refractivity contribution in [2.24, 2.45) is 7.05 Å². The summed E-state index contributed by atoms with van der Waals surface area (Å²) in [6.45, 7) is 5.23. The fourth-order valence-electron chi connectivity index (χ4n) is 2.09. The Balaban J connectivity index is 2.81. The van der Waals surface area contributed by atoms with Crippen molar-refractivity contribution in [3.63, 3.8) is 0 Å². The molecule has 124 valence electrons. The maximum absolute atomic E-state index is 12.3. The van der Waals surface area contributed by atoms with E-state index in [-0.39, 0.29) is 28.7 Å².